The highest BCUT2D eigenvalue weighted by Gasteiger charge is 2.13. The highest BCUT2D eigenvalue weighted by molar-refractivity contribution is 6.00. The maximum absolute atomic E-state index is 11.6. The molecule has 0 aromatic heterocycles. The second-order valence-corrected chi connectivity index (χ2v) is 4.04. The van der Waals surface area contributed by atoms with Crippen molar-refractivity contribution >= 4 is 17.4 Å². The third-order valence-electron chi connectivity index (χ3n) is 2.66. The van der Waals surface area contributed by atoms with Crippen molar-refractivity contribution in [1.29, 1.82) is 0 Å². The fourth-order valence-corrected chi connectivity index (χ4v) is 1.85. The number of carbonyl (C=O) groups excluding carboxylic acids is 1. The minimum atomic E-state index is 0.0477. The van der Waals surface area contributed by atoms with Crippen molar-refractivity contribution in [2.24, 2.45) is 5.10 Å². The van der Waals surface area contributed by atoms with Crippen LogP contribution in [0, 0.1) is 0 Å². The molecule has 0 aliphatic carbocycles. The van der Waals surface area contributed by atoms with Crippen molar-refractivity contribution < 1.29 is 4.79 Å². The van der Waals surface area contributed by atoms with Gasteiger partial charge in [0.25, 0.3) is 0 Å². The van der Waals surface area contributed by atoms with Crippen molar-refractivity contribution in [3.8, 4) is 0 Å². The fourth-order valence-electron chi connectivity index (χ4n) is 1.85. The summed E-state index contributed by atoms with van der Waals surface area (Å²) in [5.41, 5.74) is 9.99. The van der Waals surface area contributed by atoms with Crippen LogP contribution in [0.5, 0.6) is 0 Å². The molecule has 2 rings (SSSR count). The van der Waals surface area contributed by atoms with Crippen LogP contribution in [0.4, 0.5) is 5.69 Å². The van der Waals surface area contributed by atoms with Crippen LogP contribution >= 0.6 is 0 Å². The van der Waals surface area contributed by atoms with Crippen LogP contribution < -0.4 is 21.4 Å². The smallest absolute Gasteiger partial charge is 0.223 e. The zero-order valence-electron chi connectivity index (χ0n) is 10.5. The normalized spacial score (nSPS) is 13.6. The molecule has 1 heterocycles. The summed E-state index contributed by atoms with van der Waals surface area (Å²) in [4.78, 5) is 13.4. The topological polar surface area (TPSA) is 68.8 Å². The van der Waals surface area contributed by atoms with Crippen LogP contribution in [-0.2, 0) is 4.79 Å². The summed E-state index contributed by atoms with van der Waals surface area (Å²) < 4.78 is 0. The van der Waals surface area contributed by atoms with Gasteiger partial charge in [0.05, 0.1) is 0 Å². The van der Waals surface area contributed by atoms with Crippen LogP contribution in [0.2, 0.25) is 0 Å². The molecule has 0 fully saturated rings. The van der Waals surface area contributed by atoms with E-state index in [0.717, 1.165) is 24.2 Å². The SMILES string of the molecule is CCCN(C(C)=O)c1cccc(C2=NNNN2)c1. The van der Waals surface area contributed by atoms with E-state index in [0.29, 0.717) is 5.84 Å². The number of rotatable bonds is 4. The number of hydrazone groups is 1. The van der Waals surface area contributed by atoms with Gasteiger partial charge in [0.1, 0.15) is 0 Å². The molecule has 0 saturated carbocycles. The Bertz CT molecular complexity index is 471. The number of amides is 1. The van der Waals surface area contributed by atoms with E-state index in [4.69, 9.17) is 0 Å². The van der Waals surface area contributed by atoms with Gasteiger partial charge < -0.3 is 4.90 Å². The molecule has 0 spiro atoms. The monoisotopic (exact) mass is 247 g/mol. The van der Waals surface area contributed by atoms with Gasteiger partial charge in [-0.15, -0.1) is 10.6 Å². The van der Waals surface area contributed by atoms with E-state index < -0.39 is 0 Å². The molecule has 18 heavy (non-hydrogen) atoms. The maximum atomic E-state index is 11.6. The van der Waals surface area contributed by atoms with Crippen molar-refractivity contribution in [2.75, 3.05) is 11.4 Å². The van der Waals surface area contributed by atoms with E-state index in [1.165, 1.54) is 0 Å². The third-order valence-corrected chi connectivity index (χ3v) is 2.66. The maximum Gasteiger partial charge on any atom is 0.223 e. The summed E-state index contributed by atoms with van der Waals surface area (Å²) in [5, 5.41) is 4.04. The van der Waals surface area contributed by atoms with Gasteiger partial charge in [0.15, 0.2) is 5.84 Å². The zero-order valence-corrected chi connectivity index (χ0v) is 10.5. The lowest BCUT2D eigenvalue weighted by Crippen LogP contribution is -2.35. The Morgan fingerprint density at radius 1 is 1.44 bits per heavy atom. The molecular weight excluding hydrogens is 230 g/mol. The standard InChI is InChI=1S/C12H17N5O/c1-3-7-17(9(2)18)11-6-4-5-10(8-11)12-13-15-16-14-12/h4-6,8,15-16H,3,7H2,1-2H3,(H,13,14). The lowest BCUT2D eigenvalue weighted by Gasteiger charge is -2.21. The number of benzene rings is 1. The molecule has 1 aromatic rings. The first kappa shape index (κ1) is 12.4. The summed E-state index contributed by atoms with van der Waals surface area (Å²) in [6.07, 6.45) is 0.923. The van der Waals surface area contributed by atoms with Crippen molar-refractivity contribution in [3.63, 3.8) is 0 Å². The first-order valence-electron chi connectivity index (χ1n) is 5.94. The third kappa shape index (κ3) is 2.60. The van der Waals surface area contributed by atoms with Gasteiger partial charge in [-0.05, 0) is 18.6 Å². The van der Waals surface area contributed by atoms with Crippen molar-refractivity contribution in [3.05, 3.63) is 29.8 Å². The molecule has 0 atom stereocenters. The van der Waals surface area contributed by atoms with Crippen LogP contribution in [0.15, 0.2) is 29.4 Å². The largest absolute Gasteiger partial charge is 0.313 e. The lowest BCUT2D eigenvalue weighted by molar-refractivity contribution is -0.116. The number of hydrogen-bond donors (Lipinski definition) is 3. The Morgan fingerprint density at radius 2 is 2.28 bits per heavy atom. The molecule has 0 saturated heterocycles. The average molecular weight is 247 g/mol. The molecular formula is C12H17N5O. The fraction of sp³-hybridized carbons (Fsp3) is 0.333. The van der Waals surface area contributed by atoms with E-state index >= 15 is 0 Å². The van der Waals surface area contributed by atoms with Gasteiger partial charge in [-0.3, -0.25) is 10.2 Å². The second kappa shape index (κ2) is 5.50. The number of carbonyl (C=O) groups is 1. The van der Waals surface area contributed by atoms with Crippen LogP contribution in [0.3, 0.4) is 0 Å². The van der Waals surface area contributed by atoms with Gasteiger partial charge >= 0.3 is 0 Å². The van der Waals surface area contributed by atoms with E-state index in [9.17, 15) is 4.79 Å². The molecule has 6 heteroatoms. The number of hydrogen-bond acceptors (Lipinski definition) is 5. The van der Waals surface area contributed by atoms with Gasteiger partial charge in [-0.25, -0.2) is 5.53 Å². The molecule has 3 N–H and O–H groups in total. The molecule has 1 amide bonds. The molecule has 0 unspecified atom stereocenters. The number of amidine groups is 1. The molecule has 1 aliphatic rings. The first-order chi connectivity index (χ1) is 8.72. The minimum absolute atomic E-state index is 0.0477. The number of anilines is 1. The summed E-state index contributed by atoms with van der Waals surface area (Å²) in [6.45, 7) is 4.35. The summed E-state index contributed by atoms with van der Waals surface area (Å²) in [6, 6.07) is 7.72. The van der Waals surface area contributed by atoms with E-state index in [1.54, 1.807) is 11.8 Å². The predicted molar refractivity (Wildman–Crippen MR) is 70.7 cm³/mol. The Labute approximate surface area is 106 Å². The Hall–Kier alpha value is -2.08. The van der Waals surface area contributed by atoms with Gasteiger partial charge in [0.2, 0.25) is 5.91 Å². The number of nitrogens with zero attached hydrogens (tertiary/aromatic N) is 2. The molecule has 1 aliphatic heterocycles. The summed E-state index contributed by atoms with van der Waals surface area (Å²) in [5.74, 6) is 0.753. The molecule has 0 bridgehead atoms. The first-order valence-corrected chi connectivity index (χ1v) is 5.94. The highest BCUT2D eigenvalue weighted by Crippen LogP contribution is 2.17. The molecule has 96 valence electrons. The van der Waals surface area contributed by atoms with Gasteiger partial charge in [-0.2, -0.15) is 0 Å². The average Bonchev–Trinajstić information content (AvgIpc) is 2.89. The Morgan fingerprint density at radius 3 is 2.89 bits per heavy atom. The van der Waals surface area contributed by atoms with E-state index in [2.05, 4.69) is 28.5 Å². The summed E-state index contributed by atoms with van der Waals surface area (Å²) in [7, 11) is 0. The number of nitrogens with one attached hydrogen (secondary N) is 3. The predicted octanol–water partition coefficient (Wildman–Crippen LogP) is 0.724. The molecule has 0 radical (unpaired) electrons. The van der Waals surface area contributed by atoms with E-state index in [1.807, 2.05) is 24.3 Å². The molecule has 1 aromatic carbocycles. The second-order valence-electron chi connectivity index (χ2n) is 4.04. The lowest BCUT2D eigenvalue weighted by atomic mass is 10.1. The van der Waals surface area contributed by atoms with E-state index in [-0.39, 0.29) is 5.91 Å². The quantitative estimate of drug-likeness (QED) is 0.733. The zero-order chi connectivity index (χ0) is 13.0. The summed E-state index contributed by atoms with van der Waals surface area (Å²) >= 11 is 0. The minimum Gasteiger partial charge on any atom is -0.313 e. The van der Waals surface area contributed by atoms with Gasteiger partial charge in [0, 0.05) is 24.7 Å². The Kier molecular flexibility index (Phi) is 3.78. The highest BCUT2D eigenvalue weighted by atomic mass is 16.2. The number of hydrazine groups is 2. The van der Waals surface area contributed by atoms with Crippen molar-refractivity contribution in [2.45, 2.75) is 20.3 Å². The van der Waals surface area contributed by atoms with Crippen LogP contribution in [0.1, 0.15) is 25.8 Å². The Balaban J connectivity index is 2.27. The molecule has 6 nitrogen and oxygen atoms in total. The van der Waals surface area contributed by atoms with Crippen LogP contribution in [-0.4, -0.2) is 18.3 Å². The van der Waals surface area contributed by atoms with Crippen LogP contribution in [0.25, 0.3) is 0 Å². The van der Waals surface area contributed by atoms with Gasteiger partial charge in [-0.1, -0.05) is 19.1 Å². The van der Waals surface area contributed by atoms with Crippen molar-refractivity contribution in [1.82, 2.24) is 16.5 Å².